The largest absolute Gasteiger partial charge is 0.486 e. The lowest BCUT2D eigenvalue weighted by molar-refractivity contribution is -0.131. The highest BCUT2D eigenvalue weighted by Gasteiger charge is 2.26. The maximum absolute atomic E-state index is 12.6. The molecule has 1 N–H and O–H groups in total. The number of rotatable bonds is 2. The number of amides is 3. The molecule has 7 heteroatoms. The Morgan fingerprint density at radius 1 is 1.00 bits per heavy atom. The van der Waals surface area contributed by atoms with Crippen molar-refractivity contribution in [1.29, 1.82) is 0 Å². The Morgan fingerprint density at radius 2 is 1.62 bits per heavy atom. The number of ether oxygens (including phenoxy) is 2. The van der Waals surface area contributed by atoms with Gasteiger partial charge in [0.05, 0.1) is 6.42 Å². The minimum Gasteiger partial charge on any atom is -0.486 e. The van der Waals surface area contributed by atoms with E-state index in [1.807, 2.05) is 43.9 Å². The minimum atomic E-state index is -0.262. The molecule has 142 valence electrons. The average molecular weight is 361 g/mol. The van der Waals surface area contributed by atoms with Gasteiger partial charge >= 0.3 is 6.03 Å². The van der Waals surface area contributed by atoms with Gasteiger partial charge in [0.1, 0.15) is 13.2 Å². The summed E-state index contributed by atoms with van der Waals surface area (Å²) in [5.41, 5.74) is 0.648. The molecule has 0 aliphatic carbocycles. The van der Waals surface area contributed by atoms with Crippen LogP contribution < -0.4 is 14.8 Å². The summed E-state index contributed by atoms with van der Waals surface area (Å²) < 4.78 is 11.1. The van der Waals surface area contributed by atoms with Gasteiger partial charge in [0.2, 0.25) is 5.91 Å². The van der Waals surface area contributed by atoms with Crippen LogP contribution in [0.5, 0.6) is 11.5 Å². The van der Waals surface area contributed by atoms with Gasteiger partial charge in [-0.1, -0.05) is 6.07 Å². The van der Waals surface area contributed by atoms with Crippen molar-refractivity contribution in [2.75, 3.05) is 39.4 Å². The number of carbonyl (C=O) groups is 2. The van der Waals surface area contributed by atoms with Crippen LogP contribution in [0.15, 0.2) is 18.2 Å². The topological polar surface area (TPSA) is 71.1 Å². The van der Waals surface area contributed by atoms with E-state index in [2.05, 4.69) is 5.32 Å². The second-order valence-electron chi connectivity index (χ2n) is 7.70. The van der Waals surface area contributed by atoms with E-state index >= 15 is 0 Å². The maximum atomic E-state index is 12.6. The number of nitrogens with one attached hydrogen (secondary N) is 1. The zero-order valence-corrected chi connectivity index (χ0v) is 15.7. The fourth-order valence-corrected chi connectivity index (χ4v) is 3.04. The molecule has 1 aromatic rings. The second-order valence-corrected chi connectivity index (χ2v) is 7.70. The molecule has 0 radical (unpaired) electrons. The summed E-state index contributed by atoms with van der Waals surface area (Å²) >= 11 is 0. The van der Waals surface area contributed by atoms with E-state index < -0.39 is 0 Å². The van der Waals surface area contributed by atoms with Crippen molar-refractivity contribution in [2.24, 2.45) is 0 Å². The van der Waals surface area contributed by atoms with E-state index in [9.17, 15) is 9.59 Å². The van der Waals surface area contributed by atoms with E-state index in [0.717, 1.165) is 11.3 Å². The van der Waals surface area contributed by atoms with Crippen molar-refractivity contribution in [2.45, 2.75) is 32.7 Å². The fraction of sp³-hybridized carbons (Fsp3) is 0.579. The Bertz CT molecular complexity index is 676. The third-order valence-corrected chi connectivity index (χ3v) is 4.36. The lowest BCUT2D eigenvalue weighted by Crippen LogP contribution is -2.56. The molecule has 0 unspecified atom stereocenters. The van der Waals surface area contributed by atoms with E-state index in [-0.39, 0.29) is 17.5 Å². The average Bonchev–Trinajstić information content (AvgIpc) is 2.60. The van der Waals surface area contributed by atoms with E-state index in [4.69, 9.17) is 9.47 Å². The van der Waals surface area contributed by atoms with E-state index in [1.165, 1.54) is 0 Å². The van der Waals surface area contributed by atoms with Gasteiger partial charge in [-0.15, -0.1) is 0 Å². The number of nitrogens with zero attached hydrogens (tertiary/aromatic N) is 2. The molecular formula is C19H27N3O4. The van der Waals surface area contributed by atoms with Crippen LogP contribution in [0.3, 0.4) is 0 Å². The molecule has 2 heterocycles. The highest BCUT2D eigenvalue weighted by molar-refractivity contribution is 5.80. The first-order valence-electron chi connectivity index (χ1n) is 9.05. The number of fused-ring (bicyclic) bond motifs is 1. The van der Waals surface area contributed by atoms with Gasteiger partial charge in [0, 0.05) is 31.7 Å². The Labute approximate surface area is 154 Å². The quantitative estimate of drug-likeness (QED) is 0.870. The van der Waals surface area contributed by atoms with Gasteiger partial charge in [0.25, 0.3) is 0 Å². The smallest absolute Gasteiger partial charge is 0.317 e. The van der Waals surface area contributed by atoms with Crippen molar-refractivity contribution in [3.8, 4) is 11.5 Å². The molecule has 1 aromatic carbocycles. The first kappa shape index (κ1) is 18.4. The molecule has 3 rings (SSSR count). The Morgan fingerprint density at radius 3 is 2.27 bits per heavy atom. The molecule has 2 aliphatic rings. The molecule has 2 aliphatic heterocycles. The third-order valence-electron chi connectivity index (χ3n) is 4.36. The summed E-state index contributed by atoms with van der Waals surface area (Å²) in [4.78, 5) is 28.4. The fourth-order valence-electron chi connectivity index (χ4n) is 3.04. The molecule has 0 atom stereocenters. The van der Waals surface area contributed by atoms with E-state index in [1.54, 1.807) is 4.90 Å². The molecule has 0 saturated carbocycles. The number of urea groups is 1. The number of carbonyl (C=O) groups excluding carboxylic acids is 2. The van der Waals surface area contributed by atoms with Crippen molar-refractivity contribution in [3.63, 3.8) is 0 Å². The molecule has 26 heavy (non-hydrogen) atoms. The zero-order chi connectivity index (χ0) is 18.7. The van der Waals surface area contributed by atoms with Gasteiger partial charge in [0.15, 0.2) is 11.5 Å². The van der Waals surface area contributed by atoms with Crippen LogP contribution in [0.4, 0.5) is 4.79 Å². The Balaban J connectivity index is 1.52. The first-order valence-corrected chi connectivity index (χ1v) is 9.05. The van der Waals surface area contributed by atoms with Gasteiger partial charge in [-0.3, -0.25) is 4.79 Å². The third kappa shape index (κ3) is 4.59. The molecular weight excluding hydrogens is 334 g/mol. The van der Waals surface area contributed by atoms with Crippen molar-refractivity contribution >= 4 is 11.9 Å². The number of hydrogen-bond acceptors (Lipinski definition) is 4. The second kappa shape index (κ2) is 7.43. The van der Waals surface area contributed by atoms with Crippen LogP contribution in [0.2, 0.25) is 0 Å². The highest BCUT2D eigenvalue weighted by Crippen LogP contribution is 2.31. The van der Waals surface area contributed by atoms with Crippen molar-refractivity contribution < 1.29 is 19.1 Å². The molecule has 1 fully saturated rings. The zero-order valence-electron chi connectivity index (χ0n) is 15.7. The van der Waals surface area contributed by atoms with Crippen molar-refractivity contribution in [1.82, 2.24) is 15.1 Å². The van der Waals surface area contributed by atoms with Crippen LogP contribution in [0.1, 0.15) is 26.3 Å². The van der Waals surface area contributed by atoms with Crippen LogP contribution in [0.25, 0.3) is 0 Å². The molecule has 3 amide bonds. The monoisotopic (exact) mass is 361 g/mol. The van der Waals surface area contributed by atoms with Gasteiger partial charge in [-0.05, 0) is 38.5 Å². The first-order chi connectivity index (χ1) is 12.3. The molecule has 0 bridgehead atoms. The predicted molar refractivity (Wildman–Crippen MR) is 97.6 cm³/mol. The number of piperazine rings is 1. The van der Waals surface area contributed by atoms with Gasteiger partial charge in [-0.25, -0.2) is 4.79 Å². The van der Waals surface area contributed by atoms with E-state index in [0.29, 0.717) is 51.6 Å². The molecule has 1 saturated heterocycles. The Hall–Kier alpha value is -2.44. The lowest BCUT2D eigenvalue weighted by Gasteiger charge is -2.36. The van der Waals surface area contributed by atoms with Crippen LogP contribution in [-0.2, 0) is 11.2 Å². The molecule has 0 spiro atoms. The molecule has 7 nitrogen and oxygen atoms in total. The van der Waals surface area contributed by atoms with Crippen LogP contribution in [-0.4, -0.2) is 66.7 Å². The lowest BCUT2D eigenvalue weighted by atomic mass is 10.1. The SMILES string of the molecule is CC(C)(C)NC(=O)N1CCN(C(=O)Cc2ccc3c(c2)OCCO3)CC1. The normalized spacial score (nSPS) is 17.0. The summed E-state index contributed by atoms with van der Waals surface area (Å²) in [7, 11) is 0. The number of hydrogen-bond donors (Lipinski definition) is 1. The summed E-state index contributed by atoms with van der Waals surface area (Å²) in [5.74, 6) is 1.49. The predicted octanol–water partition coefficient (Wildman–Crippen LogP) is 1.65. The summed E-state index contributed by atoms with van der Waals surface area (Å²) in [6.45, 7) is 9.17. The number of benzene rings is 1. The molecule has 0 aromatic heterocycles. The van der Waals surface area contributed by atoms with Gasteiger partial charge in [-0.2, -0.15) is 0 Å². The van der Waals surface area contributed by atoms with Crippen LogP contribution in [0, 0.1) is 0 Å². The Kier molecular flexibility index (Phi) is 5.25. The van der Waals surface area contributed by atoms with Crippen molar-refractivity contribution in [3.05, 3.63) is 23.8 Å². The maximum Gasteiger partial charge on any atom is 0.317 e. The summed E-state index contributed by atoms with van der Waals surface area (Å²) in [6.07, 6.45) is 0.324. The van der Waals surface area contributed by atoms with Crippen LogP contribution >= 0.6 is 0 Å². The minimum absolute atomic E-state index is 0.0672. The highest BCUT2D eigenvalue weighted by atomic mass is 16.6. The summed E-state index contributed by atoms with van der Waals surface area (Å²) in [6, 6.07) is 5.56. The van der Waals surface area contributed by atoms with Gasteiger partial charge < -0.3 is 24.6 Å². The summed E-state index contributed by atoms with van der Waals surface area (Å²) in [5, 5.41) is 2.96. The standard InChI is InChI=1S/C19H27N3O4/c1-19(2,3)20-18(24)22-8-6-21(7-9-22)17(23)13-14-4-5-15-16(12-14)26-11-10-25-15/h4-5,12H,6-11,13H2,1-3H3,(H,20,24).